The van der Waals surface area contributed by atoms with E-state index in [0.29, 0.717) is 6.04 Å². The fraction of sp³-hybridized carbons (Fsp3) is 0.714. The van der Waals surface area contributed by atoms with Gasteiger partial charge in [-0.1, -0.05) is 13.3 Å². The molecule has 1 aromatic rings. The summed E-state index contributed by atoms with van der Waals surface area (Å²) in [5.74, 6) is 0.964. The average Bonchev–Trinajstić information content (AvgIpc) is 3.20. The third-order valence-electron chi connectivity index (χ3n) is 3.58. The molecule has 1 N–H and O–H groups in total. The molecular weight excluding hydrogens is 224 g/mol. The molecule has 0 saturated heterocycles. The van der Waals surface area contributed by atoms with Gasteiger partial charge >= 0.3 is 0 Å². The maximum atomic E-state index is 4.32. The first-order chi connectivity index (χ1) is 8.70. The number of aromatic nitrogens is 2. The number of nitrogens with one attached hydrogen (secondary N) is 1. The van der Waals surface area contributed by atoms with Crippen molar-refractivity contribution in [3.8, 4) is 0 Å². The van der Waals surface area contributed by atoms with Gasteiger partial charge in [0, 0.05) is 25.7 Å². The quantitative estimate of drug-likeness (QED) is 0.804. The van der Waals surface area contributed by atoms with Gasteiger partial charge in [0.1, 0.15) is 0 Å². The van der Waals surface area contributed by atoms with Gasteiger partial charge in [-0.25, -0.2) is 0 Å². The van der Waals surface area contributed by atoms with Gasteiger partial charge in [-0.15, -0.1) is 5.10 Å². The molecule has 1 fully saturated rings. The molecule has 0 bridgehead atoms. The maximum Gasteiger partial charge on any atom is 0.151 e. The molecule has 18 heavy (non-hydrogen) atoms. The minimum atomic E-state index is 0.514. The zero-order chi connectivity index (χ0) is 13.0. The van der Waals surface area contributed by atoms with Gasteiger partial charge in [-0.05, 0) is 38.3 Å². The van der Waals surface area contributed by atoms with Crippen molar-refractivity contribution in [1.82, 2.24) is 15.5 Å². The molecule has 1 heterocycles. The average molecular weight is 248 g/mol. The summed E-state index contributed by atoms with van der Waals surface area (Å²) in [6.45, 7) is 5.28. The van der Waals surface area contributed by atoms with Crippen LogP contribution in [-0.4, -0.2) is 29.3 Å². The summed E-state index contributed by atoms with van der Waals surface area (Å²) in [5, 5.41) is 12.1. The summed E-state index contributed by atoms with van der Waals surface area (Å²) >= 11 is 0. The summed E-state index contributed by atoms with van der Waals surface area (Å²) < 4.78 is 0. The van der Waals surface area contributed by atoms with Crippen molar-refractivity contribution >= 4 is 5.82 Å². The Bertz CT molecular complexity index is 359. The Hall–Kier alpha value is -1.16. The molecule has 1 aliphatic rings. The number of anilines is 1. The van der Waals surface area contributed by atoms with Gasteiger partial charge in [0.25, 0.3) is 0 Å². The van der Waals surface area contributed by atoms with Crippen LogP contribution < -0.4 is 10.2 Å². The Labute approximate surface area is 110 Å². The standard InChI is InChI=1S/C14H24N4/c1-4-5-11(2)18(3)14-9-8-13(16-17-14)10-15-12-6-7-12/h8-9,11-12,15H,4-7,10H2,1-3H3. The fourth-order valence-electron chi connectivity index (χ4n) is 2.01. The van der Waals surface area contributed by atoms with Crippen LogP contribution in [-0.2, 0) is 6.54 Å². The van der Waals surface area contributed by atoms with Crippen molar-refractivity contribution in [3.05, 3.63) is 17.8 Å². The van der Waals surface area contributed by atoms with E-state index in [0.717, 1.165) is 24.1 Å². The molecule has 1 atom stereocenters. The second-order valence-corrected chi connectivity index (χ2v) is 5.29. The molecule has 0 aromatic carbocycles. The molecule has 0 radical (unpaired) electrons. The highest BCUT2D eigenvalue weighted by Crippen LogP contribution is 2.19. The molecule has 0 aliphatic heterocycles. The number of hydrogen-bond acceptors (Lipinski definition) is 4. The van der Waals surface area contributed by atoms with Crippen LogP contribution in [0.25, 0.3) is 0 Å². The van der Waals surface area contributed by atoms with Gasteiger partial charge in [0.2, 0.25) is 0 Å². The summed E-state index contributed by atoms with van der Waals surface area (Å²) in [6.07, 6.45) is 5.00. The second kappa shape index (κ2) is 6.14. The molecule has 100 valence electrons. The van der Waals surface area contributed by atoms with Gasteiger partial charge in [-0.2, -0.15) is 5.10 Å². The molecule has 2 rings (SSSR count). The second-order valence-electron chi connectivity index (χ2n) is 5.29. The lowest BCUT2D eigenvalue weighted by Gasteiger charge is -2.25. The van der Waals surface area contributed by atoms with E-state index in [4.69, 9.17) is 0 Å². The lowest BCUT2D eigenvalue weighted by Crippen LogP contribution is -2.29. The van der Waals surface area contributed by atoms with E-state index in [1.54, 1.807) is 0 Å². The van der Waals surface area contributed by atoms with Gasteiger partial charge in [0.05, 0.1) is 5.69 Å². The Morgan fingerprint density at radius 2 is 2.17 bits per heavy atom. The first-order valence-electron chi connectivity index (χ1n) is 6.99. The molecule has 4 heteroatoms. The molecule has 4 nitrogen and oxygen atoms in total. The fourth-order valence-corrected chi connectivity index (χ4v) is 2.01. The molecule has 1 saturated carbocycles. The van der Waals surface area contributed by atoms with Crippen LogP contribution in [0.3, 0.4) is 0 Å². The van der Waals surface area contributed by atoms with E-state index in [2.05, 4.69) is 53.4 Å². The van der Waals surface area contributed by atoms with Crippen LogP contribution in [0, 0.1) is 0 Å². The highest BCUT2D eigenvalue weighted by molar-refractivity contribution is 5.37. The molecule has 1 unspecified atom stereocenters. The van der Waals surface area contributed by atoms with Crippen molar-refractivity contribution in [3.63, 3.8) is 0 Å². The van der Waals surface area contributed by atoms with Crippen molar-refractivity contribution in [2.45, 2.75) is 58.2 Å². The van der Waals surface area contributed by atoms with Crippen molar-refractivity contribution in [2.24, 2.45) is 0 Å². The highest BCUT2D eigenvalue weighted by atomic mass is 15.3. The monoisotopic (exact) mass is 248 g/mol. The van der Waals surface area contributed by atoms with Crippen LogP contribution in [0.15, 0.2) is 12.1 Å². The summed E-state index contributed by atoms with van der Waals surface area (Å²) in [5.41, 5.74) is 1.03. The first kappa shape index (κ1) is 13.3. The van der Waals surface area contributed by atoms with Gasteiger partial charge in [-0.3, -0.25) is 0 Å². The number of hydrogen-bond donors (Lipinski definition) is 1. The topological polar surface area (TPSA) is 41.0 Å². The Balaban J connectivity index is 1.88. The maximum absolute atomic E-state index is 4.32. The lowest BCUT2D eigenvalue weighted by molar-refractivity contribution is 0.605. The highest BCUT2D eigenvalue weighted by Gasteiger charge is 2.20. The van der Waals surface area contributed by atoms with E-state index in [1.165, 1.54) is 25.7 Å². The summed E-state index contributed by atoms with van der Waals surface area (Å²) in [4.78, 5) is 2.20. The van der Waals surface area contributed by atoms with E-state index in [1.807, 2.05) is 0 Å². The smallest absolute Gasteiger partial charge is 0.151 e. The minimum Gasteiger partial charge on any atom is -0.355 e. The SMILES string of the molecule is CCCC(C)N(C)c1ccc(CNC2CC2)nn1. The van der Waals surface area contributed by atoms with Crippen LogP contribution in [0.5, 0.6) is 0 Å². The van der Waals surface area contributed by atoms with Crippen molar-refractivity contribution in [2.75, 3.05) is 11.9 Å². The minimum absolute atomic E-state index is 0.514. The van der Waals surface area contributed by atoms with Crippen LogP contribution in [0.4, 0.5) is 5.82 Å². The Kier molecular flexibility index (Phi) is 4.53. The Morgan fingerprint density at radius 1 is 1.39 bits per heavy atom. The van der Waals surface area contributed by atoms with E-state index in [-0.39, 0.29) is 0 Å². The molecule has 0 spiro atoms. The largest absolute Gasteiger partial charge is 0.355 e. The van der Waals surface area contributed by atoms with E-state index >= 15 is 0 Å². The van der Waals surface area contributed by atoms with Gasteiger partial charge in [0.15, 0.2) is 5.82 Å². The zero-order valence-corrected chi connectivity index (χ0v) is 11.7. The first-order valence-corrected chi connectivity index (χ1v) is 6.99. The summed E-state index contributed by atoms with van der Waals surface area (Å²) in [6, 6.07) is 5.38. The number of rotatable bonds is 7. The Morgan fingerprint density at radius 3 is 2.72 bits per heavy atom. The lowest BCUT2D eigenvalue weighted by atomic mass is 10.2. The third-order valence-corrected chi connectivity index (χ3v) is 3.58. The number of nitrogens with zero attached hydrogens (tertiary/aromatic N) is 3. The van der Waals surface area contributed by atoms with E-state index in [9.17, 15) is 0 Å². The molecule has 0 amide bonds. The third kappa shape index (κ3) is 3.67. The van der Waals surface area contributed by atoms with Crippen molar-refractivity contribution < 1.29 is 0 Å². The molecule has 1 aromatic heterocycles. The van der Waals surface area contributed by atoms with Crippen molar-refractivity contribution in [1.29, 1.82) is 0 Å². The van der Waals surface area contributed by atoms with Crippen LogP contribution in [0.2, 0.25) is 0 Å². The predicted molar refractivity (Wildman–Crippen MR) is 74.7 cm³/mol. The zero-order valence-electron chi connectivity index (χ0n) is 11.7. The van der Waals surface area contributed by atoms with Crippen LogP contribution in [0.1, 0.15) is 45.2 Å². The molecule has 1 aliphatic carbocycles. The summed E-state index contributed by atoms with van der Waals surface area (Å²) in [7, 11) is 2.09. The molecular formula is C14H24N4. The van der Waals surface area contributed by atoms with Crippen LogP contribution >= 0.6 is 0 Å². The predicted octanol–water partition coefficient (Wildman–Crippen LogP) is 2.35. The van der Waals surface area contributed by atoms with E-state index < -0.39 is 0 Å². The normalized spacial score (nSPS) is 16.6. The van der Waals surface area contributed by atoms with Gasteiger partial charge < -0.3 is 10.2 Å².